The number of aromatic nitrogens is 3. The molecule has 1 aromatic carbocycles. The Kier molecular flexibility index (Phi) is 4.54. The lowest BCUT2D eigenvalue weighted by Gasteiger charge is -2.29. The van der Waals surface area contributed by atoms with Crippen molar-refractivity contribution in [3.63, 3.8) is 0 Å². The van der Waals surface area contributed by atoms with Gasteiger partial charge < -0.3 is 14.3 Å². The number of rotatable bonds is 3. The largest absolute Gasteiger partial charge is 0.351 e. The van der Waals surface area contributed by atoms with Crippen LogP contribution in [0.5, 0.6) is 0 Å². The summed E-state index contributed by atoms with van der Waals surface area (Å²) in [6, 6.07) is 14.9. The van der Waals surface area contributed by atoms with Gasteiger partial charge in [0.15, 0.2) is 5.69 Å². The maximum absolute atomic E-state index is 13.2. The number of hydrogen-bond donors (Lipinski definition) is 0. The van der Waals surface area contributed by atoms with E-state index < -0.39 is 0 Å². The molecule has 8 nitrogen and oxygen atoms in total. The van der Waals surface area contributed by atoms with E-state index in [1.807, 2.05) is 40.1 Å². The highest BCUT2D eigenvalue weighted by atomic mass is 16.5. The van der Waals surface area contributed by atoms with Gasteiger partial charge in [0.2, 0.25) is 5.76 Å². The molecule has 152 valence electrons. The van der Waals surface area contributed by atoms with E-state index in [0.29, 0.717) is 31.0 Å². The average molecular weight is 403 g/mol. The van der Waals surface area contributed by atoms with Crippen LogP contribution >= 0.6 is 0 Å². The lowest BCUT2D eigenvalue weighted by atomic mass is 9.89. The van der Waals surface area contributed by atoms with Crippen LogP contribution in [0.3, 0.4) is 0 Å². The van der Waals surface area contributed by atoms with Crippen molar-refractivity contribution < 1.29 is 14.1 Å². The Morgan fingerprint density at radius 1 is 1.03 bits per heavy atom. The van der Waals surface area contributed by atoms with Crippen molar-refractivity contribution in [3.8, 4) is 0 Å². The van der Waals surface area contributed by atoms with Crippen LogP contribution in [0.2, 0.25) is 0 Å². The monoisotopic (exact) mass is 403 g/mol. The van der Waals surface area contributed by atoms with Gasteiger partial charge in [0.05, 0.1) is 11.7 Å². The fraction of sp³-hybridized carbons (Fsp3) is 0.318. The zero-order valence-corrected chi connectivity index (χ0v) is 16.5. The zero-order valence-electron chi connectivity index (χ0n) is 16.5. The van der Waals surface area contributed by atoms with Crippen LogP contribution in [0.4, 0.5) is 0 Å². The van der Waals surface area contributed by atoms with E-state index in [9.17, 15) is 9.59 Å². The third kappa shape index (κ3) is 3.14. The molecule has 0 aliphatic carbocycles. The minimum absolute atomic E-state index is 0.118. The SMILES string of the molecule is Cc1cc(C(=O)N2C[C@@H]3CN(C(=O)c4cccnn4)C[C@@H]3[C@H]2c2ccccc2)on1. The quantitative estimate of drug-likeness (QED) is 0.667. The van der Waals surface area contributed by atoms with Gasteiger partial charge in [-0.25, -0.2) is 0 Å². The lowest BCUT2D eigenvalue weighted by Crippen LogP contribution is -2.37. The van der Waals surface area contributed by atoms with Crippen molar-refractivity contribution in [3.05, 3.63) is 77.4 Å². The van der Waals surface area contributed by atoms with Crippen LogP contribution < -0.4 is 0 Å². The Morgan fingerprint density at radius 2 is 1.87 bits per heavy atom. The maximum Gasteiger partial charge on any atom is 0.293 e. The Bertz CT molecular complexity index is 1070. The molecule has 3 aromatic rings. The summed E-state index contributed by atoms with van der Waals surface area (Å²) in [6.07, 6.45) is 1.55. The van der Waals surface area contributed by atoms with Gasteiger partial charge in [0.25, 0.3) is 11.8 Å². The Morgan fingerprint density at radius 3 is 2.57 bits per heavy atom. The zero-order chi connectivity index (χ0) is 20.7. The minimum Gasteiger partial charge on any atom is -0.351 e. The number of carbonyl (C=O) groups is 2. The van der Waals surface area contributed by atoms with Crippen LogP contribution in [0.25, 0.3) is 0 Å². The molecule has 3 atom stereocenters. The van der Waals surface area contributed by atoms with E-state index in [1.165, 1.54) is 0 Å². The summed E-state index contributed by atoms with van der Waals surface area (Å²) in [5.41, 5.74) is 2.08. The fourth-order valence-electron chi connectivity index (χ4n) is 4.68. The second-order valence-electron chi connectivity index (χ2n) is 7.89. The molecule has 2 saturated heterocycles. The standard InChI is InChI=1S/C22H21N5O3/c1-14-10-19(30-25-14)22(29)27-12-16-11-26(21(28)18-8-5-9-23-24-18)13-17(16)20(27)15-6-3-2-4-7-15/h2-10,16-17,20H,11-13H2,1H3/t16-,17-,20+/m0/s1. The molecular formula is C22H21N5O3. The predicted octanol–water partition coefficient (Wildman–Crippen LogP) is 2.36. The van der Waals surface area contributed by atoms with E-state index in [1.54, 1.807) is 31.3 Å². The number of carbonyl (C=O) groups excluding carboxylic acids is 2. The number of fused-ring (bicyclic) bond motifs is 1. The van der Waals surface area contributed by atoms with Gasteiger partial charge in [-0.15, -0.1) is 5.10 Å². The molecular weight excluding hydrogens is 382 g/mol. The summed E-state index contributed by atoms with van der Waals surface area (Å²) in [6.45, 7) is 3.51. The normalized spacial score (nSPS) is 22.9. The number of likely N-dealkylation sites (tertiary alicyclic amines) is 2. The molecule has 0 radical (unpaired) electrons. The first kappa shape index (κ1) is 18.5. The number of nitrogens with zero attached hydrogens (tertiary/aromatic N) is 5. The molecule has 30 heavy (non-hydrogen) atoms. The second kappa shape index (κ2) is 7.37. The summed E-state index contributed by atoms with van der Waals surface area (Å²) < 4.78 is 5.24. The first-order valence-electron chi connectivity index (χ1n) is 9.98. The van der Waals surface area contributed by atoms with Crippen molar-refractivity contribution >= 4 is 11.8 Å². The molecule has 5 rings (SSSR count). The van der Waals surface area contributed by atoms with Gasteiger partial charge in [0, 0.05) is 43.7 Å². The van der Waals surface area contributed by atoms with E-state index in [0.717, 1.165) is 5.56 Å². The van der Waals surface area contributed by atoms with E-state index in [2.05, 4.69) is 15.4 Å². The Labute approximate surface area is 173 Å². The van der Waals surface area contributed by atoms with Gasteiger partial charge in [0.1, 0.15) is 0 Å². The average Bonchev–Trinajstić information content (AvgIpc) is 3.48. The first-order valence-corrected chi connectivity index (χ1v) is 9.98. The number of hydrogen-bond acceptors (Lipinski definition) is 6. The molecule has 2 aliphatic heterocycles. The summed E-state index contributed by atoms with van der Waals surface area (Å²) in [7, 11) is 0. The highest BCUT2D eigenvalue weighted by Gasteiger charge is 2.50. The second-order valence-corrected chi connectivity index (χ2v) is 7.89. The lowest BCUT2D eigenvalue weighted by molar-refractivity contribution is 0.0641. The van der Waals surface area contributed by atoms with Crippen LogP contribution in [-0.2, 0) is 0 Å². The van der Waals surface area contributed by atoms with Gasteiger partial charge in [-0.2, -0.15) is 5.10 Å². The third-order valence-electron chi connectivity index (χ3n) is 5.98. The molecule has 2 aromatic heterocycles. The molecule has 8 heteroatoms. The molecule has 0 saturated carbocycles. The van der Waals surface area contributed by atoms with E-state index in [4.69, 9.17) is 4.52 Å². The predicted molar refractivity (Wildman–Crippen MR) is 106 cm³/mol. The van der Waals surface area contributed by atoms with Gasteiger partial charge in [-0.3, -0.25) is 9.59 Å². The van der Waals surface area contributed by atoms with Crippen LogP contribution in [0.15, 0.2) is 59.3 Å². The van der Waals surface area contributed by atoms with Gasteiger partial charge >= 0.3 is 0 Å². The Balaban J connectivity index is 1.43. The molecule has 0 unspecified atom stereocenters. The molecule has 0 bridgehead atoms. The number of aryl methyl sites for hydroxylation is 1. The van der Waals surface area contributed by atoms with Crippen molar-refractivity contribution in [1.29, 1.82) is 0 Å². The molecule has 4 heterocycles. The minimum atomic E-state index is -0.161. The Hall–Kier alpha value is -3.55. The van der Waals surface area contributed by atoms with Gasteiger partial charge in [-0.05, 0) is 24.6 Å². The van der Waals surface area contributed by atoms with E-state index >= 15 is 0 Å². The molecule has 2 amide bonds. The summed E-state index contributed by atoms with van der Waals surface area (Å²) in [5.74, 6) is 0.296. The summed E-state index contributed by atoms with van der Waals surface area (Å²) >= 11 is 0. The van der Waals surface area contributed by atoms with Crippen molar-refractivity contribution in [2.75, 3.05) is 19.6 Å². The molecule has 2 aliphatic rings. The smallest absolute Gasteiger partial charge is 0.293 e. The first-order chi connectivity index (χ1) is 14.6. The van der Waals surface area contributed by atoms with Crippen molar-refractivity contribution in [2.24, 2.45) is 11.8 Å². The maximum atomic E-state index is 13.2. The molecule has 0 N–H and O–H groups in total. The van der Waals surface area contributed by atoms with Crippen LogP contribution in [0, 0.1) is 18.8 Å². The van der Waals surface area contributed by atoms with Crippen LogP contribution in [0.1, 0.15) is 38.3 Å². The third-order valence-corrected chi connectivity index (χ3v) is 5.98. The number of benzene rings is 1. The molecule has 0 spiro atoms. The van der Waals surface area contributed by atoms with Crippen molar-refractivity contribution in [1.82, 2.24) is 25.2 Å². The van der Waals surface area contributed by atoms with Gasteiger partial charge in [-0.1, -0.05) is 35.5 Å². The molecule has 2 fully saturated rings. The van der Waals surface area contributed by atoms with Crippen LogP contribution in [-0.4, -0.2) is 56.6 Å². The summed E-state index contributed by atoms with van der Waals surface area (Å²) in [4.78, 5) is 29.8. The van der Waals surface area contributed by atoms with Crippen molar-refractivity contribution in [2.45, 2.75) is 13.0 Å². The topological polar surface area (TPSA) is 92.4 Å². The number of amides is 2. The summed E-state index contributed by atoms with van der Waals surface area (Å²) in [5, 5.41) is 11.6. The van der Waals surface area contributed by atoms with E-state index in [-0.39, 0.29) is 35.5 Å². The fourth-order valence-corrected chi connectivity index (χ4v) is 4.68. The highest BCUT2D eigenvalue weighted by molar-refractivity contribution is 5.93. The highest BCUT2D eigenvalue weighted by Crippen LogP contribution is 2.45.